The zero-order valence-corrected chi connectivity index (χ0v) is 15.5. The molecule has 1 aliphatic rings. The Hall–Kier alpha value is -2.28. The van der Waals surface area contributed by atoms with Crippen LogP contribution in [0.3, 0.4) is 0 Å². The normalized spacial score (nSPS) is 15.0. The van der Waals surface area contributed by atoms with Gasteiger partial charge in [0.25, 0.3) is 0 Å². The van der Waals surface area contributed by atoms with E-state index in [1.165, 1.54) is 0 Å². The molecule has 0 bridgehead atoms. The van der Waals surface area contributed by atoms with Gasteiger partial charge in [0.2, 0.25) is 5.91 Å². The monoisotopic (exact) mass is 363 g/mol. The number of nitrogens with one attached hydrogen (secondary N) is 2. The summed E-state index contributed by atoms with van der Waals surface area (Å²) in [7, 11) is 0. The number of hydrogen-bond donors (Lipinski definition) is 3. The van der Waals surface area contributed by atoms with Crippen LogP contribution in [-0.4, -0.2) is 41.2 Å². The fraction of sp³-hybridized carbons (Fsp3) is 0.579. The Morgan fingerprint density at radius 2 is 1.88 bits per heavy atom. The molecule has 1 aromatic carbocycles. The molecule has 1 aromatic rings. The molecule has 7 heteroatoms. The summed E-state index contributed by atoms with van der Waals surface area (Å²) in [5, 5.41) is 11.4. The topological polar surface area (TPSA) is 90.9 Å². The molecule has 26 heavy (non-hydrogen) atoms. The number of carbonyl (C=O) groups excluding carboxylic acids is 2. The fourth-order valence-electron chi connectivity index (χ4n) is 3.12. The van der Waals surface area contributed by atoms with Gasteiger partial charge in [0.15, 0.2) is 0 Å². The van der Waals surface area contributed by atoms with E-state index in [-0.39, 0.29) is 18.0 Å². The predicted octanol–water partition coefficient (Wildman–Crippen LogP) is 3.39. The Labute approximate surface area is 154 Å². The van der Waals surface area contributed by atoms with Crippen LogP contribution in [0.4, 0.5) is 10.5 Å². The molecule has 0 radical (unpaired) electrons. The highest BCUT2D eigenvalue weighted by Gasteiger charge is 2.22. The molecule has 1 fully saturated rings. The molecule has 3 N–H and O–H groups in total. The van der Waals surface area contributed by atoms with E-state index in [9.17, 15) is 9.59 Å². The zero-order chi connectivity index (χ0) is 18.9. The van der Waals surface area contributed by atoms with Gasteiger partial charge in [-0.15, -0.1) is 0 Å². The summed E-state index contributed by atoms with van der Waals surface area (Å²) in [4.78, 5) is 25.2. The van der Waals surface area contributed by atoms with Gasteiger partial charge in [-0.3, -0.25) is 10.0 Å². The molecule has 0 unspecified atom stereocenters. The number of hydrogen-bond acceptors (Lipinski definition) is 4. The van der Waals surface area contributed by atoms with Gasteiger partial charge in [0.05, 0.1) is 6.10 Å². The number of rotatable bonds is 7. The molecule has 1 saturated heterocycles. The summed E-state index contributed by atoms with van der Waals surface area (Å²) in [5.74, 6) is 0.971. The van der Waals surface area contributed by atoms with Crippen molar-refractivity contribution in [1.82, 2.24) is 10.4 Å². The molecule has 1 aliphatic heterocycles. The molecule has 7 nitrogen and oxygen atoms in total. The molecule has 3 amide bonds. The number of amides is 3. The van der Waals surface area contributed by atoms with Crippen LogP contribution < -0.4 is 15.5 Å². The van der Waals surface area contributed by atoms with Gasteiger partial charge in [-0.1, -0.05) is 0 Å². The molecule has 0 aromatic heterocycles. The van der Waals surface area contributed by atoms with Crippen molar-refractivity contribution in [1.29, 1.82) is 0 Å². The Bertz CT molecular complexity index is 581. The number of piperidine rings is 1. The molecular weight excluding hydrogens is 334 g/mol. The summed E-state index contributed by atoms with van der Waals surface area (Å²) in [6.07, 6.45) is 4.04. The minimum atomic E-state index is -0.341. The van der Waals surface area contributed by atoms with Crippen molar-refractivity contribution in [3.8, 4) is 5.75 Å². The summed E-state index contributed by atoms with van der Waals surface area (Å²) < 4.78 is 5.59. The summed E-state index contributed by atoms with van der Waals surface area (Å²) in [5.41, 5.74) is 2.41. The molecule has 0 spiro atoms. The van der Waals surface area contributed by atoms with Crippen LogP contribution in [-0.2, 0) is 4.79 Å². The third-order valence-corrected chi connectivity index (χ3v) is 4.52. The average Bonchev–Trinajstić information content (AvgIpc) is 2.63. The first-order valence-electron chi connectivity index (χ1n) is 9.23. The second-order valence-electron chi connectivity index (χ2n) is 6.98. The van der Waals surface area contributed by atoms with Crippen molar-refractivity contribution in [3.05, 3.63) is 24.3 Å². The van der Waals surface area contributed by atoms with Crippen LogP contribution in [0, 0.1) is 5.92 Å². The lowest BCUT2D eigenvalue weighted by atomic mass is 9.91. The van der Waals surface area contributed by atoms with Gasteiger partial charge in [0.1, 0.15) is 5.75 Å². The van der Waals surface area contributed by atoms with Crippen molar-refractivity contribution >= 4 is 17.6 Å². The highest BCUT2D eigenvalue weighted by Crippen LogP contribution is 2.23. The number of nitrogens with zero attached hydrogens (tertiary/aromatic N) is 1. The van der Waals surface area contributed by atoms with Crippen molar-refractivity contribution in [2.24, 2.45) is 5.92 Å². The lowest BCUT2D eigenvalue weighted by Gasteiger charge is -2.32. The number of ether oxygens (including phenoxy) is 1. The van der Waals surface area contributed by atoms with E-state index in [0.29, 0.717) is 12.3 Å². The fourth-order valence-corrected chi connectivity index (χ4v) is 3.12. The van der Waals surface area contributed by atoms with E-state index >= 15 is 0 Å². The maximum atomic E-state index is 12.4. The number of carbonyl (C=O) groups is 2. The summed E-state index contributed by atoms with van der Waals surface area (Å²) in [6.45, 7) is 5.38. The van der Waals surface area contributed by atoms with E-state index in [2.05, 4.69) is 5.32 Å². The lowest BCUT2D eigenvalue weighted by Crippen LogP contribution is -2.41. The van der Waals surface area contributed by atoms with Crippen molar-refractivity contribution < 1.29 is 19.5 Å². The molecule has 0 atom stereocenters. The number of likely N-dealkylation sites (tertiary alicyclic amines) is 1. The Kier molecular flexibility index (Phi) is 7.72. The first-order valence-corrected chi connectivity index (χ1v) is 9.23. The highest BCUT2D eigenvalue weighted by molar-refractivity contribution is 5.89. The largest absolute Gasteiger partial charge is 0.491 e. The van der Waals surface area contributed by atoms with Crippen molar-refractivity contribution in [3.63, 3.8) is 0 Å². The second kappa shape index (κ2) is 10.0. The van der Waals surface area contributed by atoms with Gasteiger partial charge in [-0.05, 0) is 69.7 Å². The molecule has 0 aliphatic carbocycles. The SMILES string of the molecule is CC(C)Oc1ccc(NC(=O)N2CCC(CCCC(=O)NO)CC2)cc1. The third-order valence-electron chi connectivity index (χ3n) is 4.52. The van der Waals surface area contributed by atoms with E-state index in [0.717, 1.165) is 50.2 Å². The number of hydroxylamine groups is 1. The lowest BCUT2D eigenvalue weighted by molar-refractivity contribution is -0.129. The van der Waals surface area contributed by atoms with E-state index in [1.807, 2.05) is 43.0 Å². The smallest absolute Gasteiger partial charge is 0.321 e. The Balaban J connectivity index is 1.71. The molecule has 144 valence electrons. The molecular formula is C19H29N3O4. The predicted molar refractivity (Wildman–Crippen MR) is 99.3 cm³/mol. The minimum Gasteiger partial charge on any atom is -0.491 e. The maximum absolute atomic E-state index is 12.4. The van der Waals surface area contributed by atoms with Crippen LogP contribution in [0.25, 0.3) is 0 Å². The van der Waals surface area contributed by atoms with Gasteiger partial charge < -0.3 is 15.0 Å². The minimum absolute atomic E-state index is 0.0827. The number of urea groups is 1. The number of anilines is 1. The van der Waals surface area contributed by atoms with Gasteiger partial charge in [-0.2, -0.15) is 0 Å². The highest BCUT2D eigenvalue weighted by atomic mass is 16.5. The maximum Gasteiger partial charge on any atom is 0.321 e. The van der Waals surface area contributed by atoms with Gasteiger partial charge in [-0.25, -0.2) is 10.3 Å². The summed E-state index contributed by atoms with van der Waals surface area (Å²) >= 11 is 0. The van der Waals surface area contributed by atoms with E-state index in [4.69, 9.17) is 9.94 Å². The van der Waals surface area contributed by atoms with Crippen LogP contribution in [0.1, 0.15) is 46.0 Å². The molecule has 2 rings (SSSR count). The molecule has 1 heterocycles. The first kappa shape index (κ1) is 20.0. The van der Waals surface area contributed by atoms with Gasteiger partial charge in [0, 0.05) is 25.2 Å². The van der Waals surface area contributed by atoms with Crippen LogP contribution >= 0.6 is 0 Å². The van der Waals surface area contributed by atoms with Crippen LogP contribution in [0.15, 0.2) is 24.3 Å². The van der Waals surface area contributed by atoms with Gasteiger partial charge >= 0.3 is 6.03 Å². The Morgan fingerprint density at radius 1 is 1.23 bits per heavy atom. The van der Waals surface area contributed by atoms with Crippen molar-refractivity contribution in [2.75, 3.05) is 18.4 Å². The van der Waals surface area contributed by atoms with E-state index in [1.54, 1.807) is 5.48 Å². The number of benzene rings is 1. The van der Waals surface area contributed by atoms with Crippen LogP contribution in [0.5, 0.6) is 5.75 Å². The molecule has 0 saturated carbocycles. The third kappa shape index (κ3) is 6.55. The summed E-state index contributed by atoms with van der Waals surface area (Å²) in [6, 6.07) is 7.30. The zero-order valence-electron chi connectivity index (χ0n) is 15.5. The van der Waals surface area contributed by atoms with E-state index < -0.39 is 0 Å². The average molecular weight is 363 g/mol. The van der Waals surface area contributed by atoms with Crippen LogP contribution in [0.2, 0.25) is 0 Å². The second-order valence-corrected chi connectivity index (χ2v) is 6.98. The standard InChI is InChI=1S/C19H29N3O4/c1-14(2)26-17-8-6-16(7-9-17)20-19(24)22-12-10-15(11-13-22)4-3-5-18(23)21-25/h6-9,14-15,25H,3-5,10-13H2,1-2H3,(H,20,24)(H,21,23). The first-order chi connectivity index (χ1) is 12.5. The quantitative estimate of drug-likeness (QED) is 0.511. The van der Waals surface area contributed by atoms with Crippen molar-refractivity contribution in [2.45, 2.75) is 52.1 Å². The Morgan fingerprint density at radius 3 is 2.46 bits per heavy atom.